The molecule has 0 aromatic carbocycles. The first-order valence-corrected chi connectivity index (χ1v) is 19.8. The molecule has 0 aliphatic carbocycles. The van der Waals surface area contributed by atoms with E-state index in [2.05, 4.69) is 154 Å². The zero-order valence-electron chi connectivity index (χ0n) is 32.2. The van der Waals surface area contributed by atoms with Crippen LogP contribution in [0, 0.1) is 0 Å². The molecule has 1 rings (SSSR count). The molecule has 0 spiro atoms. The first kappa shape index (κ1) is 44.8. The van der Waals surface area contributed by atoms with Gasteiger partial charge in [0.1, 0.15) is 0 Å². The number of hydrogen-bond donors (Lipinski definition) is 0. The van der Waals surface area contributed by atoms with Crippen LogP contribution in [0.4, 0.5) is 0 Å². The second kappa shape index (κ2) is 37.1. The van der Waals surface area contributed by atoms with Gasteiger partial charge in [0.25, 0.3) is 0 Å². The van der Waals surface area contributed by atoms with Crippen LogP contribution in [-0.4, -0.2) is 25.9 Å². The molecular weight excluding hydrogens is 609 g/mol. The number of ether oxygens (including phenoxy) is 2. The van der Waals surface area contributed by atoms with E-state index in [4.69, 9.17) is 9.47 Å². The lowest BCUT2D eigenvalue weighted by Gasteiger charge is -2.12. The molecule has 0 bridgehead atoms. The van der Waals surface area contributed by atoms with Crippen molar-refractivity contribution in [1.29, 1.82) is 0 Å². The highest BCUT2D eigenvalue weighted by Crippen LogP contribution is 2.21. The topological polar surface area (TPSA) is 18.5 Å². The highest BCUT2D eigenvalue weighted by molar-refractivity contribution is 5.33. The average molecular weight is 681 g/mol. The van der Waals surface area contributed by atoms with Crippen LogP contribution >= 0.6 is 0 Å². The van der Waals surface area contributed by atoms with E-state index in [1.165, 1.54) is 11.1 Å². The summed E-state index contributed by atoms with van der Waals surface area (Å²) in [4.78, 5) is 0. The zero-order chi connectivity index (χ0) is 35.8. The molecule has 1 aliphatic heterocycles. The lowest BCUT2D eigenvalue weighted by Crippen LogP contribution is -2.12. The molecular formula is C48H72O2. The Morgan fingerprint density at radius 1 is 0.560 bits per heavy atom. The van der Waals surface area contributed by atoms with Gasteiger partial charge in [-0.2, -0.15) is 0 Å². The average Bonchev–Trinajstić information content (AvgIpc) is 3.12. The molecule has 2 heteroatoms. The quantitative estimate of drug-likeness (QED) is 0.276. The summed E-state index contributed by atoms with van der Waals surface area (Å²) in [7, 11) is 0. The molecule has 1 heterocycles. The highest BCUT2D eigenvalue weighted by Gasteiger charge is 2.03. The number of hydrogen-bond acceptors (Lipinski definition) is 2. The van der Waals surface area contributed by atoms with E-state index < -0.39 is 0 Å². The Kier molecular flexibility index (Phi) is 33.2. The van der Waals surface area contributed by atoms with Gasteiger partial charge in [-0.25, -0.2) is 0 Å². The molecule has 276 valence electrons. The molecule has 1 atom stereocenters. The Morgan fingerprint density at radius 3 is 1.52 bits per heavy atom. The van der Waals surface area contributed by atoms with Crippen molar-refractivity contribution in [2.24, 2.45) is 0 Å². The van der Waals surface area contributed by atoms with E-state index >= 15 is 0 Å². The molecule has 0 saturated heterocycles. The van der Waals surface area contributed by atoms with Crippen LogP contribution in [0.5, 0.6) is 0 Å². The predicted octanol–water partition coefficient (Wildman–Crippen LogP) is 14.5. The van der Waals surface area contributed by atoms with Gasteiger partial charge in [0.15, 0.2) is 0 Å². The van der Waals surface area contributed by atoms with Crippen LogP contribution in [0.2, 0.25) is 0 Å². The van der Waals surface area contributed by atoms with Crippen LogP contribution in [0.1, 0.15) is 130 Å². The second-order valence-electron chi connectivity index (χ2n) is 12.7. The first-order valence-electron chi connectivity index (χ1n) is 19.8. The Hall–Kier alpha value is -3.20. The lowest BCUT2D eigenvalue weighted by molar-refractivity contribution is 0.0305. The van der Waals surface area contributed by atoms with Crippen molar-refractivity contribution in [3.8, 4) is 0 Å². The van der Waals surface area contributed by atoms with Gasteiger partial charge in [0, 0.05) is 19.8 Å². The Balaban J connectivity index is 2.62. The van der Waals surface area contributed by atoms with Crippen LogP contribution in [0.15, 0.2) is 145 Å². The summed E-state index contributed by atoms with van der Waals surface area (Å²) < 4.78 is 11.8. The number of rotatable bonds is 3. The van der Waals surface area contributed by atoms with Crippen molar-refractivity contribution >= 4 is 0 Å². The second-order valence-corrected chi connectivity index (χ2v) is 12.7. The fourth-order valence-corrected chi connectivity index (χ4v) is 5.23. The van der Waals surface area contributed by atoms with E-state index in [0.717, 1.165) is 129 Å². The van der Waals surface area contributed by atoms with E-state index in [1.54, 1.807) is 0 Å². The smallest absolute Gasteiger partial charge is 0.0568 e. The van der Waals surface area contributed by atoms with E-state index in [-0.39, 0.29) is 6.10 Å². The molecule has 0 aromatic heterocycles. The molecule has 0 radical (unpaired) electrons. The molecule has 0 saturated carbocycles. The van der Waals surface area contributed by atoms with Crippen molar-refractivity contribution in [3.05, 3.63) is 145 Å². The fraction of sp³-hybridized carbons (Fsp3) is 0.500. The Labute approximate surface area is 309 Å². The molecule has 0 fully saturated rings. The Bertz CT molecular complexity index is 1140. The monoisotopic (exact) mass is 681 g/mol. The standard InChI is InChI=1S/C48H72O2/c1-4-6-34-40-48-41-36-31-27-23-19-15-11-13-16-20-24-28-32-37-43-49-45-42-46(3)50-44-38-33-29-25-21-17-12-9-7-8-10-14-18-22-26-30-35-39-47(48)5-2/h5-8,12-19,24-31,34,41,46H,4,9-11,20-23,32-33,35-40,42-45H2,1-3H3. The van der Waals surface area contributed by atoms with E-state index in [1.807, 2.05) is 0 Å². The van der Waals surface area contributed by atoms with Crippen LogP contribution in [-0.2, 0) is 9.47 Å². The van der Waals surface area contributed by atoms with E-state index in [0.29, 0.717) is 0 Å². The van der Waals surface area contributed by atoms with Gasteiger partial charge >= 0.3 is 0 Å². The largest absolute Gasteiger partial charge is 0.381 e. The molecule has 2 nitrogen and oxygen atoms in total. The minimum absolute atomic E-state index is 0.255. The summed E-state index contributed by atoms with van der Waals surface area (Å²) in [6, 6.07) is 0. The van der Waals surface area contributed by atoms with Gasteiger partial charge in [-0.1, -0.05) is 141 Å². The highest BCUT2D eigenvalue weighted by atomic mass is 16.5. The van der Waals surface area contributed by atoms with Gasteiger partial charge < -0.3 is 9.47 Å². The van der Waals surface area contributed by atoms with E-state index in [9.17, 15) is 0 Å². The molecule has 0 N–H and O–H groups in total. The molecule has 50 heavy (non-hydrogen) atoms. The third-order valence-electron chi connectivity index (χ3n) is 8.23. The Morgan fingerprint density at radius 2 is 1.02 bits per heavy atom. The molecule has 0 amide bonds. The van der Waals surface area contributed by atoms with Crippen LogP contribution in [0.3, 0.4) is 0 Å². The van der Waals surface area contributed by atoms with Gasteiger partial charge in [-0.15, -0.1) is 0 Å². The molecule has 0 aromatic rings. The first-order chi connectivity index (χ1) is 24.8. The molecule has 1 aliphatic rings. The zero-order valence-corrected chi connectivity index (χ0v) is 32.2. The van der Waals surface area contributed by atoms with Gasteiger partial charge in [-0.3, -0.25) is 0 Å². The maximum absolute atomic E-state index is 5.96. The van der Waals surface area contributed by atoms with Crippen LogP contribution in [0.25, 0.3) is 0 Å². The van der Waals surface area contributed by atoms with Crippen LogP contribution < -0.4 is 0 Å². The fourth-order valence-electron chi connectivity index (χ4n) is 5.23. The SMILES string of the molecule is CC=C1CCC=CCC=CCC=CCC=CCC=CCCCOC(C)CCOCCCC=CCC=CCC=CCC=CCC=C1CC=CCC. The number of allylic oxidation sites excluding steroid dienone is 24. The van der Waals surface area contributed by atoms with Gasteiger partial charge in [-0.05, 0) is 134 Å². The third-order valence-corrected chi connectivity index (χ3v) is 8.23. The summed E-state index contributed by atoms with van der Waals surface area (Å²) in [6.45, 7) is 8.95. The summed E-state index contributed by atoms with van der Waals surface area (Å²) in [5, 5.41) is 0. The summed E-state index contributed by atoms with van der Waals surface area (Å²) in [6.07, 6.45) is 68.0. The van der Waals surface area contributed by atoms with Gasteiger partial charge in [0.2, 0.25) is 0 Å². The lowest BCUT2D eigenvalue weighted by atomic mass is 9.96. The van der Waals surface area contributed by atoms with Crippen molar-refractivity contribution in [1.82, 2.24) is 0 Å². The predicted molar refractivity (Wildman–Crippen MR) is 224 cm³/mol. The maximum Gasteiger partial charge on any atom is 0.0568 e. The summed E-state index contributed by atoms with van der Waals surface area (Å²) in [5.41, 5.74) is 2.94. The van der Waals surface area contributed by atoms with Crippen molar-refractivity contribution in [3.63, 3.8) is 0 Å². The van der Waals surface area contributed by atoms with Gasteiger partial charge in [0.05, 0.1) is 6.10 Å². The normalized spacial score (nSPS) is 21.6. The summed E-state index contributed by atoms with van der Waals surface area (Å²) in [5.74, 6) is 0. The minimum Gasteiger partial charge on any atom is -0.381 e. The minimum atomic E-state index is 0.255. The van der Waals surface area contributed by atoms with Crippen molar-refractivity contribution in [2.75, 3.05) is 19.8 Å². The van der Waals surface area contributed by atoms with Crippen molar-refractivity contribution in [2.45, 2.75) is 136 Å². The van der Waals surface area contributed by atoms with Crippen molar-refractivity contribution < 1.29 is 9.47 Å². The summed E-state index contributed by atoms with van der Waals surface area (Å²) >= 11 is 0. The molecule has 1 unspecified atom stereocenters. The maximum atomic E-state index is 5.96. The third kappa shape index (κ3) is 30.8.